The second-order valence-electron chi connectivity index (χ2n) is 4.87. The van der Waals surface area contributed by atoms with Gasteiger partial charge in [-0.3, -0.25) is 0 Å². The van der Waals surface area contributed by atoms with E-state index >= 15 is 0 Å². The molecular formula is C14H18N2O2S. The Bertz CT molecular complexity index is 568. The molecular weight excluding hydrogens is 260 g/mol. The number of sulfonamides is 1. The van der Waals surface area contributed by atoms with E-state index in [1.165, 1.54) is 0 Å². The van der Waals surface area contributed by atoms with Gasteiger partial charge >= 0.3 is 0 Å². The molecule has 0 heterocycles. The fourth-order valence-corrected chi connectivity index (χ4v) is 3.04. The molecule has 1 fully saturated rings. The van der Waals surface area contributed by atoms with Gasteiger partial charge in [0.2, 0.25) is 10.0 Å². The molecule has 1 aromatic carbocycles. The van der Waals surface area contributed by atoms with E-state index in [1.54, 1.807) is 24.3 Å². The van der Waals surface area contributed by atoms with Crippen molar-refractivity contribution in [3.8, 4) is 12.3 Å². The van der Waals surface area contributed by atoms with Gasteiger partial charge in [0, 0.05) is 24.2 Å². The third-order valence-electron chi connectivity index (χ3n) is 2.90. The van der Waals surface area contributed by atoms with Crippen molar-refractivity contribution < 1.29 is 8.42 Å². The third-order valence-corrected chi connectivity index (χ3v) is 4.44. The SMILES string of the molecule is C#CCC(C)Nc1ccc(S(=O)(=O)NC2CC2)cc1. The highest BCUT2D eigenvalue weighted by Gasteiger charge is 2.27. The van der Waals surface area contributed by atoms with Crippen LogP contribution in [-0.2, 0) is 10.0 Å². The Labute approximate surface area is 114 Å². The van der Waals surface area contributed by atoms with Crippen molar-refractivity contribution in [2.75, 3.05) is 5.32 Å². The zero-order valence-corrected chi connectivity index (χ0v) is 11.7. The van der Waals surface area contributed by atoms with Gasteiger partial charge in [0.15, 0.2) is 0 Å². The molecule has 2 rings (SSSR count). The van der Waals surface area contributed by atoms with E-state index < -0.39 is 10.0 Å². The van der Waals surface area contributed by atoms with Crippen LogP contribution in [0.3, 0.4) is 0 Å². The van der Waals surface area contributed by atoms with Gasteiger partial charge in [-0.25, -0.2) is 13.1 Å². The Balaban J connectivity index is 2.03. The summed E-state index contributed by atoms with van der Waals surface area (Å²) < 4.78 is 26.6. The maximum atomic E-state index is 12.0. The number of anilines is 1. The van der Waals surface area contributed by atoms with Gasteiger partial charge in [-0.1, -0.05) is 0 Å². The highest BCUT2D eigenvalue weighted by molar-refractivity contribution is 7.89. The van der Waals surface area contributed by atoms with E-state index in [0.717, 1.165) is 18.5 Å². The zero-order chi connectivity index (χ0) is 13.9. The summed E-state index contributed by atoms with van der Waals surface area (Å²) in [6.07, 6.45) is 7.73. The molecule has 0 radical (unpaired) electrons. The lowest BCUT2D eigenvalue weighted by Crippen LogP contribution is -2.25. The van der Waals surface area contributed by atoms with Crippen LogP contribution in [0.4, 0.5) is 5.69 Å². The van der Waals surface area contributed by atoms with Crippen molar-refractivity contribution in [2.24, 2.45) is 0 Å². The maximum Gasteiger partial charge on any atom is 0.240 e. The van der Waals surface area contributed by atoms with E-state index in [4.69, 9.17) is 6.42 Å². The summed E-state index contributed by atoms with van der Waals surface area (Å²) in [6, 6.07) is 7.02. The Kier molecular flexibility index (Phi) is 4.13. The Hall–Kier alpha value is -1.51. The predicted octanol–water partition coefficient (Wildman–Crippen LogP) is 1.95. The molecule has 5 heteroatoms. The van der Waals surface area contributed by atoms with Crippen molar-refractivity contribution in [1.29, 1.82) is 0 Å². The van der Waals surface area contributed by atoms with Crippen molar-refractivity contribution in [2.45, 2.75) is 43.2 Å². The fraction of sp³-hybridized carbons (Fsp3) is 0.429. The Morgan fingerprint density at radius 3 is 2.53 bits per heavy atom. The van der Waals surface area contributed by atoms with Crippen molar-refractivity contribution in [1.82, 2.24) is 4.72 Å². The number of hydrogen-bond donors (Lipinski definition) is 2. The first-order valence-electron chi connectivity index (χ1n) is 6.33. The van der Waals surface area contributed by atoms with E-state index in [1.807, 2.05) is 6.92 Å². The zero-order valence-electron chi connectivity index (χ0n) is 10.9. The molecule has 0 amide bonds. The van der Waals surface area contributed by atoms with E-state index in [0.29, 0.717) is 11.3 Å². The van der Waals surface area contributed by atoms with Crippen molar-refractivity contribution in [3.63, 3.8) is 0 Å². The molecule has 1 atom stereocenters. The molecule has 0 aliphatic heterocycles. The topological polar surface area (TPSA) is 58.2 Å². The number of rotatable bonds is 6. The maximum absolute atomic E-state index is 12.0. The normalized spacial score (nSPS) is 16.6. The minimum Gasteiger partial charge on any atom is -0.382 e. The molecule has 1 unspecified atom stereocenters. The molecule has 4 nitrogen and oxygen atoms in total. The van der Waals surface area contributed by atoms with Crippen molar-refractivity contribution in [3.05, 3.63) is 24.3 Å². The molecule has 1 aromatic rings. The monoisotopic (exact) mass is 278 g/mol. The van der Waals surface area contributed by atoms with Crippen LogP contribution >= 0.6 is 0 Å². The average molecular weight is 278 g/mol. The molecule has 1 aliphatic carbocycles. The van der Waals surface area contributed by atoms with E-state index in [9.17, 15) is 8.42 Å². The summed E-state index contributed by atoms with van der Waals surface area (Å²) in [5.41, 5.74) is 0.869. The second kappa shape index (κ2) is 5.64. The number of nitrogens with one attached hydrogen (secondary N) is 2. The second-order valence-corrected chi connectivity index (χ2v) is 6.59. The van der Waals surface area contributed by atoms with Gasteiger partial charge in [0.05, 0.1) is 4.90 Å². The van der Waals surface area contributed by atoms with Crippen LogP contribution in [-0.4, -0.2) is 20.5 Å². The minimum atomic E-state index is -3.36. The average Bonchev–Trinajstić information content (AvgIpc) is 3.13. The van der Waals surface area contributed by atoms with Crippen LogP contribution < -0.4 is 10.0 Å². The highest BCUT2D eigenvalue weighted by Crippen LogP contribution is 2.22. The van der Waals surface area contributed by atoms with Crippen molar-refractivity contribution >= 4 is 15.7 Å². The van der Waals surface area contributed by atoms with E-state index in [2.05, 4.69) is 16.0 Å². The van der Waals surface area contributed by atoms with Gasteiger partial charge in [-0.2, -0.15) is 0 Å². The lowest BCUT2D eigenvalue weighted by molar-refractivity contribution is 0.581. The molecule has 1 aliphatic rings. The van der Waals surface area contributed by atoms with Gasteiger partial charge in [0.25, 0.3) is 0 Å². The van der Waals surface area contributed by atoms with Crippen LogP contribution in [0.15, 0.2) is 29.2 Å². The minimum absolute atomic E-state index is 0.124. The van der Waals surface area contributed by atoms with Crippen LogP contribution in [0, 0.1) is 12.3 Å². The van der Waals surface area contributed by atoms with Crippen LogP contribution in [0.1, 0.15) is 26.2 Å². The quantitative estimate of drug-likeness (QED) is 0.782. The first-order valence-corrected chi connectivity index (χ1v) is 7.82. The van der Waals surface area contributed by atoms with Crippen LogP contribution in [0.25, 0.3) is 0 Å². The van der Waals surface area contributed by atoms with E-state index in [-0.39, 0.29) is 12.1 Å². The van der Waals surface area contributed by atoms with Gasteiger partial charge < -0.3 is 5.32 Å². The summed E-state index contributed by atoms with van der Waals surface area (Å²) in [6.45, 7) is 1.99. The molecule has 0 bridgehead atoms. The third kappa shape index (κ3) is 3.98. The van der Waals surface area contributed by atoms with Gasteiger partial charge in [-0.15, -0.1) is 12.3 Å². The molecule has 0 saturated heterocycles. The van der Waals surface area contributed by atoms with Crippen LogP contribution in [0.5, 0.6) is 0 Å². The standard InChI is InChI=1S/C14H18N2O2S/c1-3-4-11(2)15-12-7-9-14(10-8-12)19(17,18)16-13-5-6-13/h1,7-11,13,15-16H,4-6H2,2H3. The molecule has 0 spiro atoms. The van der Waals surface area contributed by atoms with Gasteiger partial charge in [-0.05, 0) is 44.0 Å². The Morgan fingerprint density at radius 2 is 2.00 bits per heavy atom. The summed E-state index contributed by atoms with van der Waals surface area (Å²) >= 11 is 0. The first-order chi connectivity index (χ1) is 9.01. The lowest BCUT2D eigenvalue weighted by atomic mass is 10.2. The molecule has 102 valence electrons. The largest absolute Gasteiger partial charge is 0.382 e. The van der Waals surface area contributed by atoms with Crippen LogP contribution in [0.2, 0.25) is 0 Å². The number of hydrogen-bond acceptors (Lipinski definition) is 3. The molecule has 1 saturated carbocycles. The predicted molar refractivity (Wildman–Crippen MR) is 76.3 cm³/mol. The lowest BCUT2D eigenvalue weighted by Gasteiger charge is -2.13. The fourth-order valence-electron chi connectivity index (χ4n) is 1.73. The summed E-state index contributed by atoms with van der Waals surface area (Å²) in [7, 11) is -3.36. The molecule has 2 N–H and O–H groups in total. The number of terminal acetylenes is 1. The summed E-state index contributed by atoms with van der Waals surface area (Å²) in [4.78, 5) is 0.301. The highest BCUT2D eigenvalue weighted by atomic mass is 32.2. The summed E-state index contributed by atoms with van der Waals surface area (Å²) in [5.74, 6) is 2.58. The molecule has 0 aromatic heterocycles. The first kappa shape index (κ1) is 13.9. The van der Waals surface area contributed by atoms with Gasteiger partial charge in [0.1, 0.15) is 0 Å². The number of benzene rings is 1. The smallest absolute Gasteiger partial charge is 0.240 e. The Morgan fingerprint density at radius 1 is 1.37 bits per heavy atom. The molecule has 19 heavy (non-hydrogen) atoms. The summed E-state index contributed by atoms with van der Waals surface area (Å²) in [5, 5.41) is 3.22.